The highest BCUT2D eigenvalue weighted by Gasteiger charge is 2.18. The van der Waals surface area contributed by atoms with Crippen molar-refractivity contribution >= 4 is 27.5 Å². The van der Waals surface area contributed by atoms with E-state index in [2.05, 4.69) is 4.72 Å². The highest BCUT2D eigenvalue weighted by molar-refractivity contribution is 8.00. The van der Waals surface area contributed by atoms with Gasteiger partial charge in [0.05, 0.1) is 11.9 Å². The van der Waals surface area contributed by atoms with E-state index in [-0.39, 0.29) is 11.9 Å². The molecule has 1 aliphatic heterocycles. The molecule has 5 nitrogen and oxygen atoms in total. The number of anilines is 1. The molecular formula is C13H20N2O3S2. The summed E-state index contributed by atoms with van der Waals surface area (Å²) in [4.78, 5) is 1.02. The summed E-state index contributed by atoms with van der Waals surface area (Å²) in [6, 6.07) is 7.41. The van der Waals surface area contributed by atoms with Crippen LogP contribution in [0.25, 0.3) is 0 Å². The fourth-order valence-corrected chi connectivity index (χ4v) is 4.29. The molecule has 1 heterocycles. The fourth-order valence-electron chi connectivity index (χ4n) is 1.93. The predicted molar refractivity (Wildman–Crippen MR) is 82.3 cm³/mol. The first-order chi connectivity index (χ1) is 9.55. The van der Waals surface area contributed by atoms with Gasteiger partial charge in [-0.2, -0.15) is 0 Å². The zero-order valence-electron chi connectivity index (χ0n) is 11.2. The minimum Gasteiger partial charge on any atom is -0.399 e. The lowest BCUT2D eigenvalue weighted by Crippen LogP contribution is -2.34. The van der Waals surface area contributed by atoms with E-state index in [4.69, 9.17) is 10.5 Å². The molecule has 1 atom stereocenters. The van der Waals surface area contributed by atoms with E-state index in [0.717, 1.165) is 24.3 Å². The van der Waals surface area contributed by atoms with E-state index in [1.54, 1.807) is 0 Å². The average Bonchev–Trinajstić information content (AvgIpc) is 2.92. The van der Waals surface area contributed by atoms with Crippen molar-refractivity contribution in [2.24, 2.45) is 0 Å². The minimum atomic E-state index is -3.22. The van der Waals surface area contributed by atoms with Gasteiger partial charge in [-0.05, 0) is 37.1 Å². The van der Waals surface area contributed by atoms with Gasteiger partial charge in [0, 0.05) is 29.5 Å². The number of benzene rings is 1. The Morgan fingerprint density at radius 1 is 1.35 bits per heavy atom. The Hall–Kier alpha value is -0.760. The second kappa shape index (κ2) is 7.31. The van der Waals surface area contributed by atoms with E-state index < -0.39 is 10.0 Å². The molecule has 1 aromatic carbocycles. The van der Waals surface area contributed by atoms with Crippen molar-refractivity contribution in [2.45, 2.75) is 23.8 Å². The zero-order valence-corrected chi connectivity index (χ0v) is 12.9. The number of rotatable bonds is 7. The van der Waals surface area contributed by atoms with E-state index in [1.807, 2.05) is 24.3 Å². The Labute approximate surface area is 124 Å². The monoisotopic (exact) mass is 316 g/mol. The van der Waals surface area contributed by atoms with Gasteiger partial charge in [-0.3, -0.25) is 0 Å². The van der Waals surface area contributed by atoms with Crippen LogP contribution in [0.15, 0.2) is 29.2 Å². The Balaban J connectivity index is 1.70. The lowest BCUT2D eigenvalue weighted by Gasteiger charge is -2.11. The molecule has 0 radical (unpaired) electrons. The van der Waals surface area contributed by atoms with Crippen LogP contribution < -0.4 is 10.5 Å². The summed E-state index contributed by atoms with van der Waals surface area (Å²) in [6.45, 7) is 1.12. The Kier molecular flexibility index (Phi) is 5.71. The molecule has 0 spiro atoms. The van der Waals surface area contributed by atoms with Crippen LogP contribution >= 0.6 is 11.8 Å². The van der Waals surface area contributed by atoms with Crippen molar-refractivity contribution in [1.29, 1.82) is 0 Å². The van der Waals surface area contributed by atoms with Gasteiger partial charge < -0.3 is 10.5 Å². The maximum atomic E-state index is 11.8. The maximum Gasteiger partial charge on any atom is 0.212 e. The van der Waals surface area contributed by atoms with E-state index in [0.29, 0.717) is 18.0 Å². The molecule has 20 heavy (non-hydrogen) atoms. The SMILES string of the molecule is Nc1ccc(SCCS(=O)(=O)NCC2CCCO2)cc1. The molecular weight excluding hydrogens is 296 g/mol. The van der Waals surface area contributed by atoms with Crippen LogP contribution in [0.2, 0.25) is 0 Å². The first kappa shape index (κ1) is 15.6. The molecule has 1 saturated heterocycles. The number of hydrogen-bond acceptors (Lipinski definition) is 5. The summed E-state index contributed by atoms with van der Waals surface area (Å²) < 4.78 is 31.7. The molecule has 1 fully saturated rings. The Morgan fingerprint density at radius 2 is 2.10 bits per heavy atom. The summed E-state index contributed by atoms with van der Waals surface area (Å²) in [5.74, 6) is 0.625. The third-order valence-corrected chi connectivity index (χ3v) is 5.68. The first-order valence-electron chi connectivity index (χ1n) is 6.62. The summed E-state index contributed by atoms with van der Waals surface area (Å²) in [5, 5.41) is 0. The van der Waals surface area contributed by atoms with E-state index in [9.17, 15) is 8.42 Å². The quantitative estimate of drug-likeness (QED) is 0.588. The van der Waals surface area contributed by atoms with Crippen LogP contribution in [0.4, 0.5) is 5.69 Å². The van der Waals surface area contributed by atoms with Crippen molar-refractivity contribution in [3.63, 3.8) is 0 Å². The molecule has 0 bridgehead atoms. The minimum absolute atomic E-state index is 0.0366. The van der Waals surface area contributed by atoms with Gasteiger partial charge in [0.15, 0.2) is 0 Å². The highest BCUT2D eigenvalue weighted by Crippen LogP contribution is 2.19. The molecule has 0 amide bonds. The van der Waals surface area contributed by atoms with Gasteiger partial charge in [-0.15, -0.1) is 11.8 Å². The Bertz CT molecular complexity index is 511. The molecule has 112 valence electrons. The van der Waals surface area contributed by atoms with E-state index >= 15 is 0 Å². The van der Waals surface area contributed by atoms with Crippen molar-refractivity contribution in [1.82, 2.24) is 4.72 Å². The van der Waals surface area contributed by atoms with Crippen LogP contribution in [0, 0.1) is 0 Å². The fraction of sp³-hybridized carbons (Fsp3) is 0.538. The number of thioether (sulfide) groups is 1. The smallest absolute Gasteiger partial charge is 0.212 e. The maximum absolute atomic E-state index is 11.8. The van der Waals surface area contributed by atoms with Crippen molar-refractivity contribution in [3.05, 3.63) is 24.3 Å². The number of nitrogens with two attached hydrogens (primary N) is 1. The lowest BCUT2D eigenvalue weighted by atomic mass is 10.2. The van der Waals surface area contributed by atoms with Crippen molar-refractivity contribution in [3.8, 4) is 0 Å². The van der Waals surface area contributed by atoms with Crippen molar-refractivity contribution in [2.75, 3.05) is 30.4 Å². The molecule has 0 aliphatic carbocycles. The highest BCUT2D eigenvalue weighted by atomic mass is 32.2. The normalized spacial score (nSPS) is 19.3. The van der Waals surface area contributed by atoms with Gasteiger partial charge in [0.1, 0.15) is 0 Å². The van der Waals surface area contributed by atoms with Gasteiger partial charge >= 0.3 is 0 Å². The van der Waals surface area contributed by atoms with Crippen LogP contribution in [0.3, 0.4) is 0 Å². The topological polar surface area (TPSA) is 81.4 Å². The standard InChI is InChI=1S/C13H20N2O3S2/c14-11-3-5-13(6-4-11)19-8-9-20(16,17)15-10-12-2-1-7-18-12/h3-6,12,15H,1-2,7-10,14H2. The predicted octanol–water partition coefficient (Wildman–Crippen LogP) is 1.46. The average molecular weight is 316 g/mol. The molecule has 1 unspecified atom stereocenters. The molecule has 1 aromatic rings. The summed E-state index contributed by atoms with van der Waals surface area (Å²) in [5.41, 5.74) is 6.31. The molecule has 0 saturated carbocycles. The van der Waals surface area contributed by atoms with Crippen LogP contribution in [0.5, 0.6) is 0 Å². The van der Waals surface area contributed by atoms with Crippen LogP contribution in [-0.2, 0) is 14.8 Å². The molecule has 7 heteroatoms. The largest absolute Gasteiger partial charge is 0.399 e. The van der Waals surface area contributed by atoms with Crippen LogP contribution in [0.1, 0.15) is 12.8 Å². The summed E-state index contributed by atoms with van der Waals surface area (Å²) >= 11 is 1.51. The number of ether oxygens (including phenoxy) is 1. The number of nitrogens with one attached hydrogen (secondary N) is 1. The number of hydrogen-bond donors (Lipinski definition) is 2. The first-order valence-corrected chi connectivity index (χ1v) is 9.26. The van der Waals surface area contributed by atoms with E-state index in [1.165, 1.54) is 11.8 Å². The van der Waals surface area contributed by atoms with Crippen LogP contribution in [-0.4, -0.2) is 39.2 Å². The second-order valence-corrected chi connectivity index (χ2v) is 7.81. The third kappa shape index (κ3) is 5.32. The zero-order chi connectivity index (χ0) is 14.4. The number of nitrogen functional groups attached to an aromatic ring is 1. The summed E-state index contributed by atoms with van der Waals surface area (Å²) in [7, 11) is -3.22. The van der Waals surface area contributed by atoms with Gasteiger partial charge in [0.25, 0.3) is 0 Å². The second-order valence-electron chi connectivity index (χ2n) is 4.72. The van der Waals surface area contributed by atoms with Gasteiger partial charge in [-0.25, -0.2) is 13.1 Å². The van der Waals surface area contributed by atoms with Gasteiger partial charge in [-0.1, -0.05) is 0 Å². The molecule has 0 aromatic heterocycles. The van der Waals surface area contributed by atoms with Gasteiger partial charge in [0.2, 0.25) is 10.0 Å². The third-order valence-electron chi connectivity index (χ3n) is 3.06. The summed E-state index contributed by atoms with van der Waals surface area (Å²) in [6.07, 6.45) is 1.98. The lowest BCUT2D eigenvalue weighted by molar-refractivity contribution is 0.114. The molecule has 2 rings (SSSR count). The van der Waals surface area contributed by atoms with Crippen molar-refractivity contribution < 1.29 is 13.2 Å². The number of sulfonamides is 1. The molecule has 3 N–H and O–H groups in total. The molecule has 1 aliphatic rings. The Morgan fingerprint density at radius 3 is 2.75 bits per heavy atom.